The maximum atomic E-state index is 12.2. The van der Waals surface area contributed by atoms with Crippen molar-refractivity contribution in [3.05, 3.63) is 59.1 Å². The molecule has 0 aliphatic carbocycles. The third-order valence-electron chi connectivity index (χ3n) is 5.00. The second-order valence-electron chi connectivity index (χ2n) is 7.07. The van der Waals surface area contributed by atoms with Gasteiger partial charge in [-0.2, -0.15) is 0 Å². The van der Waals surface area contributed by atoms with Crippen molar-refractivity contribution in [3.8, 4) is 0 Å². The lowest BCUT2D eigenvalue weighted by molar-refractivity contribution is -0.129. The van der Waals surface area contributed by atoms with E-state index in [1.807, 2.05) is 53.4 Å². The van der Waals surface area contributed by atoms with Crippen LogP contribution in [0.5, 0.6) is 0 Å². The second-order valence-corrected chi connectivity index (χ2v) is 7.51. The van der Waals surface area contributed by atoms with Gasteiger partial charge in [0, 0.05) is 55.9 Å². The van der Waals surface area contributed by atoms with Gasteiger partial charge in [-0.1, -0.05) is 23.7 Å². The molecule has 1 saturated heterocycles. The summed E-state index contributed by atoms with van der Waals surface area (Å²) in [5.74, 6) is 0.151. The Labute approximate surface area is 171 Å². The Balaban J connectivity index is 1.43. The van der Waals surface area contributed by atoms with Crippen LogP contribution in [0, 0.1) is 0 Å². The molecule has 0 spiro atoms. The first-order valence-electron chi connectivity index (χ1n) is 9.66. The Bertz CT molecular complexity index is 815. The number of aryl methyl sites for hydroxylation is 1. The maximum absolute atomic E-state index is 12.2. The number of rotatable bonds is 6. The van der Waals surface area contributed by atoms with Crippen molar-refractivity contribution in [1.29, 1.82) is 0 Å². The minimum atomic E-state index is 0.0184. The molecule has 0 atom stereocenters. The number of nitrogens with one attached hydrogen (secondary N) is 1. The highest BCUT2D eigenvalue weighted by Crippen LogP contribution is 2.20. The number of piperazine rings is 1. The predicted octanol–water partition coefficient (Wildman–Crippen LogP) is 3.97. The first-order chi connectivity index (χ1) is 13.5. The summed E-state index contributed by atoms with van der Waals surface area (Å²) in [5.41, 5.74) is 3.07. The monoisotopic (exact) mass is 399 g/mol. The van der Waals surface area contributed by atoms with Crippen LogP contribution in [0.4, 0.5) is 11.4 Å². The number of benzene rings is 2. The van der Waals surface area contributed by atoms with E-state index in [1.165, 1.54) is 0 Å². The molecule has 6 heteroatoms. The van der Waals surface area contributed by atoms with Gasteiger partial charge in [0.2, 0.25) is 11.8 Å². The largest absolute Gasteiger partial charge is 0.368 e. The van der Waals surface area contributed by atoms with E-state index < -0.39 is 0 Å². The molecule has 28 heavy (non-hydrogen) atoms. The Morgan fingerprint density at radius 1 is 1.04 bits per heavy atom. The van der Waals surface area contributed by atoms with Gasteiger partial charge in [-0.15, -0.1) is 0 Å². The van der Waals surface area contributed by atoms with Gasteiger partial charge in [0.25, 0.3) is 0 Å². The molecule has 0 unspecified atom stereocenters. The highest BCUT2D eigenvalue weighted by molar-refractivity contribution is 6.30. The number of carbonyl (C=O) groups excluding carboxylic acids is 2. The van der Waals surface area contributed by atoms with Gasteiger partial charge in [0.15, 0.2) is 0 Å². The van der Waals surface area contributed by atoms with Crippen LogP contribution in [0.3, 0.4) is 0 Å². The predicted molar refractivity (Wildman–Crippen MR) is 114 cm³/mol. The SMILES string of the molecule is CC(=O)N1CCN(c2ccc(NC(=O)CCCc3cccc(Cl)c3)cc2)CC1. The van der Waals surface area contributed by atoms with Crippen LogP contribution in [0.15, 0.2) is 48.5 Å². The van der Waals surface area contributed by atoms with Crippen molar-refractivity contribution in [1.82, 2.24) is 4.90 Å². The van der Waals surface area contributed by atoms with Crippen LogP contribution < -0.4 is 10.2 Å². The number of hydrogen-bond donors (Lipinski definition) is 1. The zero-order valence-electron chi connectivity index (χ0n) is 16.2. The molecule has 1 heterocycles. The molecule has 2 aromatic carbocycles. The van der Waals surface area contributed by atoms with Crippen LogP contribution in [0.2, 0.25) is 5.02 Å². The van der Waals surface area contributed by atoms with Gasteiger partial charge in [-0.25, -0.2) is 0 Å². The standard InChI is InChI=1S/C22H26ClN3O2/c1-17(27)25-12-14-26(15-13-25)21-10-8-20(9-11-21)24-22(28)7-3-5-18-4-2-6-19(23)16-18/h2,4,6,8-11,16H,3,5,7,12-15H2,1H3,(H,24,28). The lowest BCUT2D eigenvalue weighted by Crippen LogP contribution is -2.48. The molecular weight excluding hydrogens is 374 g/mol. The summed E-state index contributed by atoms with van der Waals surface area (Å²) in [6.45, 7) is 4.77. The minimum absolute atomic E-state index is 0.0184. The molecule has 0 radical (unpaired) electrons. The van der Waals surface area contributed by atoms with Crippen LogP contribution in [-0.4, -0.2) is 42.9 Å². The summed E-state index contributed by atoms with van der Waals surface area (Å²) in [4.78, 5) is 27.7. The third kappa shape index (κ3) is 5.73. The summed E-state index contributed by atoms with van der Waals surface area (Å²) in [6.07, 6.45) is 2.09. The Kier molecular flexibility index (Phi) is 6.93. The van der Waals surface area contributed by atoms with Crippen molar-refractivity contribution in [2.45, 2.75) is 26.2 Å². The van der Waals surface area contributed by atoms with Crippen LogP contribution in [0.25, 0.3) is 0 Å². The van der Waals surface area contributed by atoms with Crippen LogP contribution >= 0.6 is 11.6 Å². The fourth-order valence-electron chi connectivity index (χ4n) is 3.40. The van der Waals surface area contributed by atoms with Crippen molar-refractivity contribution < 1.29 is 9.59 Å². The van der Waals surface area contributed by atoms with E-state index in [0.717, 1.165) is 61.0 Å². The van der Waals surface area contributed by atoms with Gasteiger partial charge in [-0.05, 0) is 54.8 Å². The van der Waals surface area contributed by atoms with Crippen molar-refractivity contribution in [2.75, 3.05) is 36.4 Å². The fourth-order valence-corrected chi connectivity index (χ4v) is 3.62. The summed E-state index contributed by atoms with van der Waals surface area (Å²) < 4.78 is 0. The minimum Gasteiger partial charge on any atom is -0.368 e. The number of anilines is 2. The molecule has 0 saturated carbocycles. The first kappa shape index (κ1) is 20.2. The highest BCUT2D eigenvalue weighted by Gasteiger charge is 2.18. The Morgan fingerprint density at radius 2 is 1.75 bits per heavy atom. The molecule has 2 amide bonds. The van der Waals surface area contributed by atoms with Crippen molar-refractivity contribution >= 4 is 34.8 Å². The zero-order chi connectivity index (χ0) is 19.9. The maximum Gasteiger partial charge on any atom is 0.224 e. The lowest BCUT2D eigenvalue weighted by Gasteiger charge is -2.35. The van der Waals surface area contributed by atoms with Crippen LogP contribution in [0.1, 0.15) is 25.3 Å². The van der Waals surface area contributed by atoms with E-state index in [0.29, 0.717) is 6.42 Å². The molecular formula is C22H26ClN3O2. The van der Waals surface area contributed by atoms with Gasteiger partial charge in [0.05, 0.1) is 0 Å². The summed E-state index contributed by atoms with van der Waals surface area (Å²) in [5, 5.41) is 3.68. The smallest absolute Gasteiger partial charge is 0.224 e. The molecule has 3 rings (SSSR count). The van der Waals surface area contributed by atoms with Crippen molar-refractivity contribution in [3.63, 3.8) is 0 Å². The van der Waals surface area contributed by atoms with Gasteiger partial charge < -0.3 is 15.1 Å². The lowest BCUT2D eigenvalue weighted by atomic mass is 10.1. The number of nitrogens with zero attached hydrogens (tertiary/aromatic N) is 2. The van der Waals surface area contributed by atoms with E-state index in [-0.39, 0.29) is 11.8 Å². The first-order valence-corrected chi connectivity index (χ1v) is 10.0. The average Bonchev–Trinajstić information content (AvgIpc) is 2.69. The molecule has 0 aromatic heterocycles. The number of halogens is 1. The van der Waals surface area contributed by atoms with E-state index in [2.05, 4.69) is 10.2 Å². The normalized spacial score (nSPS) is 14.1. The quantitative estimate of drug-likeness (QED) is 0.799. The molecule has 2 aromatic rings. The molecule has 1 aliphatic heterocycles. The van der Waals surface area contributed by atoms with E-state index in [1.54, 1.807) is 6.92 Å². The molecule has 1 aliphatic rings. The molecule has 0 bridgehead atoms. The van der Waals surface area contributed by atoms with Gasteiger partial charge in [-0.3, -0.25) is 9.59 Å². The Morgan fingerprint density at radius 3 is 2.39 bits per heavy atom. The molecule has 1 fully saturated rings. The number of amides is 2. The molecule has 148 valence electrons. The number of hydrogen-bond acceptors (Lipinski definition) is 3. The average molecular weight is 400 g/mol. The summed E-state index contributed by atoms with van der Waals surface area (Å²) >= 11 is 5.98. The van der Waals surface area contributed by atoms with E-state index in [4.69, 9.17) is 11.6 Å². The summed E-state index contributed by atoms with van der Waals surface area (Å²) in [6, 6.07) is 15.6. The van der Waals surface area contributed by atoms with Gasteiger partial charge in [0.1, 0.15) is 0 Å². The fraction of sp³-hybridized carbons (Fsp3) is 0.364. The number of carbonyl (C=O) groups is 2. The van der Waals surface area contributed by atoms with Crippen molar-refractivity contribution in [2.24, 2.45) is 0 Å². The van der Waals surface area contributed by atoms with E-state index >= 15 is 0 Å². The van der Waals surface area contributed by atoms with E-state index in [9.17, 15) is 9.59 Å². The third-order valence-corrected chi connectivity index (χ3v) is 5.23. The molecule has 1 N–H and O–H groups in total. The Hall–Kier alpha value is -2.53. The second kappa shape index (κ2) is 9.60. The zero-order valence-corrected chi connectivity index (χ0v) is 16.9. The topological polar surface area (TPSA) is 52.7 Å². The molecule has 5 nitrogen and oxygen atoms in total. The summed E-state index contributed by atoms with van der Waals surface area (Å²) in [7, 11) is 0. The highest BCUT2D eigenvalue weighted by atomic mass is 35.5. The van der Waals surface area contributed by atoms with Crippen LogP contribution in [-0.2, 0) is 16.0 Å². The van der Waals surface area contributed by atoms with Gasteiger partial charge >= 0.3 is 0 Å².